The number of aromatic amines is 1. The second-order valence-electron chi connectivity index (χ2n) is 4.00. The van der Waals surface area contributed by atoms with Crippen molar-refractivity contribution < 1.29 is 14.7 Å². The molecule has 0 aliphatic rings. The lowest BCUT2D eigenvalue weighted by Gasteiger charge is -2.09. The Kier molecular flexibility index (Phi) is 4.71. The predicted octanol–water partition coefficient (Wildman–Crippen LogP) is 0.327. The van der Waals surface area contributed by atoms with Crippen LogP contribution < -0.4 is 10.6 Å². The van der Waals surface area contributed by atoms with E-state index in [0.717, 1.165) is 0 Å². The van der Waals surface area contributed by atoms with E-state index in [1.807, 2.05) is 13.8 Å². The van der Waals surface area contributed by atoms with E-state index >= 15 is 0 Å². The van der Waals surface area contributed by atoms with Crippen molar-refractivity contribution in [3.05, 3.63) is 23.5 Å². The fourth-order valence-corrected chi connectivity index (χ4v) is 1.42. The molecular formula is C11H17N3O3. The van der Waals surface area contributed by atoms with Gasteiger partial charge >= 0.3 is 5.97 Å². The lowest BCUT2D eigenvalue weighted by Crippen LogP contribution is -2.37. The molecule has 0 aliphatic heterocycles. The summed E-state index contributed by atoms with van der Waals surface area (Å²) in [5.41, 5.74) is 0.789. The monoisotopic (exact) mass is 239 g/mol. The van der Waals surface area contributed by atoms with Crippen LogP contribution in [0.3, 0.4) is 0 Å². The molecule has 0 aromatic carbocycles. The number of nitrogens with one attached hydrogen (secondary N) is 3. The first-order valence-electron chi connectivity index (χ1n) is 5.40. The quantitative estimate of drug-likeness (QED) is 0.575. The van der Waals surface area contributed by atoms with Crippen LogP contribution in [-0.2, 0) is 11.3 Å². The molecular weight excluding hydrogens is 222 g/mol. The number of H-pyrrole nitrogens is 1. The average molecular weight is 239 g/mol. The zero-order valence-electron chi connectivity index (χ0n) is 9.91. The fraction of sp³-hybridized carbons (Fsp3) is 0.455. The van der Waals surface area contributed by atoms with Gasteiger partial charge in [-0.05, 0) is 19.9 Å². The summed E-state index contributed by atoms with van der Waals surface area (Å²) >= 11 is 0. The first-order valence-corrected chi connectivity index (χ1v) is 5.40. The second-order valence-corrected chi connectivity index (χ2v) is 4.00. The molecule has 0 unspecified atom stereocenters. The molecule has 0 fully saturated rings. The van der Waals surface area contributed by atoms with Gasteiger partial charge in [0.2, 0.25) is 5.91 Å². The van der Waals surface area contributed by atoms with E-state index in [1.165, 1.54) is 6.07 Å². The van der Waals surface area contributed by atoms with Crippen molar-refractivity contribution in [1.29, 1.82) is 0 Å². The molecule has 0 atom stereocenters. The molecule has 1 rings (SSSR count). The third-order valence-electron chi connectivity index (χ3n) is 2.10. The predicted molar refractivity (Wildman–Crippen MR) is 62.7 cm³/mol. The van der Waals surface area contributed by atoms with Crippen LogP contribution in [0.25, 0.3) is 0 Å². The van der Waals surface area contributed by atoms with Crippen LogP contribution in [0, 0.1) is 0 Å². The fourth-order valence-electron chi connectivity index (χ4n) is 1.42. The summed E-state index contributed by atoms with van der Waals surface area (Å²) in [6.45, 7) is 4.24. The molecule has 94 valence electrons. The Morgan fingerprint density at radius 2 is 2.18 bits per heavy atom. The van der Waals surface area contributed by atoms with Crippen LogP contribution in [0.2, 0.25) is 0 Å². The molecule has 0 saturated carbocycles. The minimum Gasteiger partial charge on any atom is -0.478 e. The number of rotatable bonds is 6. The van der Waals surface area contributed by atoms with Gasteiger partial charge in [0.1, 0.15) is 0 Å². The summed E-state index contributed by atoms with van der Waals surface area (Å²) < 4.78 is 0. The summed E-state index contributed by atoms with van der Waals surface area (Å²) in [5, 5.41) is 14.5. The van der Waals surface area contributed by atoms with Gasteiger partial charge in [0.05, 0.1) is 12.1 Å². The van der Waals surface area contributed by atoms with Crippen molar-refractivity contribution in [2.24, 2.45) is 0 Å². The lowest BCUT2D eigenvalue weighted by molar-refractivity contribution is -0.120. The number of aromatic nitrogens is 1. The number of hydrogen-bond donors (Lipinski definition) is 4. The SMILES string of the molecule is CC(C)NC(=O)CNCc1[nH]ccc1C(=O)O. The average Bonchev–Trinajstić information content (AvgIpc) is 2.64. The highest BCUT2D eigenvalue weighted by Gasteiger charge is 2.10. The molecule has 0 aliphatic carbocycles. The van der Waals surface area contributed by atoms with Crippen LogP contribution in [-0.4, -0.2) is 34.6 Å². The maximum atomic E-state index is 11.3. The molecule has 17 heavy (non-hydrogen) atoms. The molecule has 6 heteroatoms. The van der Waals surface area contributed by atoms with Crippen molar-refractivity contribution in [2.75, 3.05) is 6.54 Å². The molecule has 6 nitrogen and oxygen atoms in total. The van der Waals surface area contributed by atoms with Crippen molar-refractivity contribution >= 4 is 11.9 Å². The number of carboxylic acids is 1. The molecule has 0 saturated heterocycles. The van der Waals surface area contributed by atoms with Gasteiger partial charge in [0, 0.05) is 24.5 Å². The summed E-state index contributed by atoms with van der Waals surface area (Å²) in [6, 6.07) is 1.59. The first kappa shape index (κ1) is 13.2. The highest BCUT2D eigenvalue weighted by molar-refractivity contribution is 5.89. The van der Waals surface area contributed by atoms with Crippen molar-refractivity contribution in [1.82, 2.24) is 15.6 Å². The van der Waals surface area contributed by atoms with Gasteiger partial charge < -0.3 is 20.7 Å². The van der Waals surface area contributed by atoms with Crippen LogP contribution >= 0.6 is 0 Å². The summed E-state index contributed by atoms with van der Waals surface area (Å²) in [5.74, 6) is -1.09. The molecule has 0 bridgehead atoms. The first-order chi connectivity index (χ1) is 8.00. The lowest BCUT2D eigenvalue weighted by atomic mass is 10.2. The molecule has 0 radical (unpaired) electrons. The molecule has 0 spiro atoms. The van der Waals surface area contributed by atoms with Crippen LogP contribution in [0.1, 0.15) is 29.9 Å². The van der Waals surface area contributed by atoms with Crippen molar-refractivity contribution in [3.63, 3.8) is 0 Å². The Morgan fingerprint density at radius 3 is 2.76 bits per heavy atom. The van der Waals surface area contributed by atoms with E-state index in [9.17, 15) is 9.59 Å². The number of carbonyl (C=O) groups excluding carboxylic acids is 1. The van der Waals surface area contributed by atoms with Gasteiger partial charge in [0.15, 0.2) is 0 Å². The Balaban J connectivity index is 2.38. The topological polar surface area (TPSA) is 94.2 Å². The summed E-state index contributed by atoms with van der Waals surface area (Å²) in [7, 11) is 0. The molecule has 4 N–H and O–H groups in total. The number of hydrogen-bond acceptors (Lipinski definition) is 3. The third kappa shape index (κ3) is 4.28. The van der Waals surface area contributed by atoms with Crippen LogP contribution in [0.15, 0.2) is 12.3 Å². The van der Waals surface area contributed by atoms with E-state index in [0.29, 0.717) is 12.2 Å². The highest BCUT2D eigenvalue weighted by Crippen LogP contribution is 2.05. The Morgan fingerprint density at radius 1 is 1.47 bits per heavy atom. The number of carbonyl (C=O) groups is 2. The van der Waals surface area contributed by atoms with E-state index in [1.54, 1.807) is 6.20 Å². The minimum absolute atomic E-state index is 0.101. The minimum atomic E-state index is -0.977. The number of carboxylic acid groups (broad SMARTS) is 1. The van der Waals surface area contributed by atoms with Crippen molar-refractivity contribution in [2.45, 2.75) is 26.4 Å². The number of amides is 1. The Bertz CT molecular complexity index is 398. The van der Waals surface area contributed by atoms with E-state index < -0.39 is 5.97 Å². The standard InChI is InChI=1S/C11H17N3O3/c1-7(2)14-10(15)6-12-5-9-8(11(16)17)3-4-13-9/h3-4,7,12-13H,5-6H2,1-2H3,(H,14,15)(H,16,17). The van der Waals surface area contributed by atoms with Crippen molar-refractivity contribution in [3.8, 4) is 0 Å². The maximum absolute atomic E-state index is 11.3. The highest BCUT2D eigenvalue weighted by atomic mass is 16.4. The molecule has 1 aromatic heterocycles. The zero-order valence-corrected chi connectivity index (χ0v) is 9.91. The van der Waals surface area contributed by atoms with E-state index in [2.05, 4.69) is 15.6 Å². The molecule has 1 amide bonds. The Hall–Kier alpha value is -1.82. The third-order valence-corrected chi connectivity index (χ3v) is 2.10. The van der Waals surface area contributed by atoms with Gasteiger partial charge in [-0.15, -0.1) is 0 Å². The molecule has 1 heterocycles. The van der Waals surface area contributed by atoms with Gasteiger partial charge in [-0.2, -0.15) is 0 Å². The second kappa shape index (κ2) is 6.05. The van der Waals surface area contributed by atoms with Crippen LogP contribution in [0.4, 0.5) is 0 Å². The maximum Gasteiger partial charge on any atom is 0.337 e. The summed E-state index contributed by atoms with van der Waals surface area (Å²) in [6.07, 6.45) is 1.56. The van der Waals surface area contributed by atoms with Gasteiger partial charge in [-0.3, -0.25) is 4.79 Å². The van der Waals surface area contributed by atoms with E-state index in [-0.39, 0.29) is 24.1 Å². The normalized spacial score (nSPS) is 10.5. The van der Waals surface area contributed by atoms with Gasteiger partial charge in [-0.1, -0.05) is 0 Å². The largest absolute Gasteiger partial charge is 0.478 e. The van der Waals surface area contributed by atoms with E-state index in [4.69, 9.17) is 5.11 Å². The van der Waals surface area contributed by atoms with Gasteiger partial charge in [-0.25, -0.2) is 4.79 Å². The smallest absolute Gasteiger partial charge is 0.337 e. The zero-order chi connectivity index (χ0) is 12.8. The van der Waals surface area contributed by atoms with Gasteiger partial charge in [0.25, 0.3) is 0 Å². The van der Waals surface area contributed by atoms with Crippen LogP contribution in [0.5, 0.6) is 0 Å². The number of aromatic carboxylic acids is 1. The summed E-state index contributed by atoms with van der Waals surface area (Å²) in [4.78, 5) is 24.9. The molecule has 1 aromatic rings. The Labute approximate surface area is 99.4 Å².